The Bertz CT molecular complexity index is 476. The molecule has 1 N–H and O–H groups in total. The van der Waals surface area contributed by atoms with Crippen LogP contribution in [-0.4, -0.2) is 53.5 Å². The number of nitrogens with one attached hydrogen (secondary N) is 1. The molecule has 21 heavy (non-hydrogen) atoms. The van der Waals surface area contributed by atoms with Crippen molar-refractivity contribution in [3.05, 3.63) is 30.1 Å². The highest BCUT2D eigenvalue weighted by Gasteiger charge is 2.24. The number of alkyl halides is 1. The predicted molar refractivity (Wildman–Crippen MR) is 78.4 cm³/mol. The summed E-state index contributed by atoms with van der Waals surface area (Å²) < 4.78 is 4.87. The summed E-state index contributed by atoms with van der Waals surface area (Å²) in [6.07, 6.45) is 4.19. The molecule has 0 aliphatic carbocycles. The van der Waals surface area contributed by atoms with E-state index >= 15 is 0 Å². The summed E-state index contributed by atoms with van der Waals surface area (Å²) in [6.45, 7) is 1.43. The Morgan fingerprint density at radius 2 is 2.00 bits per heavy atom. The SMILES string of the molecule is O=C(NC1CCN(C(=O)c2ccncc2)CC1)OCCCl. The average Bonchev–Trinajstić information content (AvgIpc) is 2.54. The summed E-state index contributed by atoms with van der Waals surface area (Å²) in [7, 11) is 0. The van der Waals surface area contributed by atoms with Crippen molar-refractivity contribution in [2.75, 3.05) is 25.6 Å². The number of alkyl carbamates (subject to hydrolysis) is 1. The van der Waals surface area contributed by atoms with E-state index in [1.54, 1.807) is 29.4 Å². The molecule has 1 aromatic rings. The minimum Gasteiger partial charge on any atom is -0.448 e. The van der Waals surface area contributed by atoms with E-state index in [9.17, 15) is 9.59 Å². The molecular weight excluding hydrogens is 294 g/mol. The van der Waals surface area contributed by atoms with Gasteiger partial charge in [-0.1, -0.05) is 0 Å². The fourth-order valence-electron chi connectivity index (χ4n) is 2.24. The lowest BCUT2D eigenvalue weighted by molar-refractivity contribution is 0.0702. The summed E-state index contributed by atoms with van der Waals surface area (Å²) in [5.41, 5.74) is 0.637. The van der Waals surface area contributed by atoms with Crippen LogP contribution in [0.25, 0.3) is 0 Å². The molecule has 2 rings (SSSR count). The van der Waals surface area contributed by atoms with Gasteiger partial charge in [0, 0.05) is 37.1 Å². The van der Waals surface area contributed by atoms with Gasteiger partial charge < -0.3 is 15.0 Å². The van der Waals surface area contributed by atoms with Crippen LogP contribution in [0.15, 0.2) is 24.5 Å². The Kier molecular flexibility index (Phi) is 5.80. The molecule has 1 fully saturated rings. The number of ether oxygens (including phenoxy) is 1. The number of carbonyl (C=O) groups excluding carboxylic acids is 2. The molecular formula is C14H18ClN3O3. The van der Waals surface area contributed by atoms with Crippen molar-refractivity contribution >= 4 is 23.6 Å². The number of nitrogens with zero attached hydrogens (tertiary/aromatic N) is 2. The summed E-state index contributed by atoms with van der Waals surface area (Å²) in [5, 5.41) is 2.79. The standard InChI is InChI=1S/C14H18ClN3O3/c15-5-10-21-14(20)17-12-3-8-18(9-4-12)13(19)11-1-6-16-7-2-11/h1-2,6-7,12H,3-5,8-10H2,(H,17,20). The fourth-order valence-corrected chi connectivity index (χ4v) is 2.32. The topological polar surface area (TPSA) is 71.5 Å². The van der Waals surface area contributed by atoms with Crippen molar-refractivity contribution in [1.82, 2.24) is 15.2 Å². The second kappa shape index (κ2) is 7.83. The first-order chi connectivity index (χ1) is 10.2. The molecule has 0 unspecified atom stereocenters. The summed E-state index contributed by atoms with van der Waals surface area (Å²) in [4.78, 5) is 29.4. The second-order valence-corrected chi connectivity index (χ2v) is 5.15. The first kappa shape index (κ1) is 15.6. The third-order valence-corrected chi connectivity index (χ3v) is 3.50. The van der Waals surface area contributed by atoms with Gasteiger partial charge in [0.15, 0.2) is 0 Å². The molecule has 114 valence electrons. The minimum absolute atomic E-state index is 0.000525. The zero-order valence-corrected chi connectivity index (χ0v) is 12.4. The maximum absolute atomic E-state index is 12.2. The lowest BCUT2D eigenvalue weighted by atomic mass is 10.0. The smallest absolute Gasteiger partial charge is 0.407 e. The molecule has 1 aliphatic rings. The van der Waals surface area contributed by atoms with Crippen LogP contribution in [-0.2, 0) is 4.74 Å². The molecule has 7 heteroatoms. The molecule has 0 spiro atoms. The number of piperidine rings is 1. The van der Waals surface area contributed by atoms with Crippen LogP contribution in [0.4, 0.5) is 4.79 Å². The second-order valence-electron chi connectivity index (χ2n) is 4.77. The molecule has 0 bridgehead atoms. The van der Waals surface area contributed by atoms with Gasteiger partial charge in [0.25, 0.3) is 5.91 Å². The number of carbonyl (C=O) groups is 2. The average molecular weight is 312 g/mol. The fraction of sp³-hybridized carbons (Fsp3) is 0.500. The maximum atomic E-state index is 12.2. The van der Waals surface area contributed by atoms with E-state index in [-0.39, 0.29) is 24.4 Å². The van der Waals surface area contributed by atoms with Crippen LogP contribution in [0.2, 0.25) is 0 Å². The highest BCUT2D eigenvalue weighted by atomic mass is 35.5. The van der Waals surface area contributed by atoms with E-state index in [1.807, 2.05) is 0 Å². The monoisotopic (exact) mass is 311 g/mol. The lowest BCUT2D eigenvalue weighted by Gasteiger charge is -2.32. The number of rotatable bonds is 4. The van der Waals surface area contributed by atoms with Gasteiger partial charge in [-0.25, -0.2) is 4.79 Å². The highest BCUT2D eigenvalue weighted by Crippen LogP contribution is 2.13. The summed E-state index contributed by atoms with van der Waals surface area (Å²) in [5.74, 6) is 0.285. The molecule has 1 saturated heterocycles. The zero-order chi connectivity index (χ0) is 15.1. The molecule has 2 heterocycles. The molecule has 0 atom stereocenters. The van der Waals surface area contributed by atoms with E-state index in [0.29, 0.717) is 31.5 Å². The van der Waals surface area contributed by atoms with Crippen molar-refractivity contribution in [3.63, 3.8) is 0 Å². The van der Waals surface area contributed by atoms with E-state index in [2.05, 4.69) is 10.3 Å². The van der Waals surface area contributed by atoms with Gasteiger partial charge in [-0.2, -0.15) is 0 Å². The Hall–Kier alpha value is -1.82. The molecule has 6 nitrogen and oxygen atoms in total. The first-order valence-corrected chi connectivity index (χ1v) is 7.42. The number of aromatic nitrogens is 1. The van der Waals surface area contributed by atoms with Gasteiger partial charge in [-0.15, -0.1) is 11.6 Å². The van der Waals surface area contributed by atoms with Gasteiger partial charge in [-0.3, -0.25) is 9.78 Å². The van der Waals surface area contributed by atoms with Crippen molar-refractivity contribution < 1.29 is 14.3 Å². The van der Waals surface area contributed by atoms with E-state index < -0.39 is 6.09 Å². The Morgan fingerprint density at radius 1 is 1.33 bits per heavy atom. The Labute approximate surface area is 128 Å². The lowest BCUT2D eigenvalue weighted by Crippen LogP contribution is -2.46. The molecule has 0 radical (unpaired) electrons. The predicted octanol–water partition coefficient (Wildman–Crippen LogP) is 1.65. The quantitative estimate of drug-likeness (QED) is 0.858. The van der Waals surface area contributed by atoms with Crippen LogP contribution in [0.5, 0.6) is 0 Å². The third kappa shape index (κ3) is 4.60. The van der Waals surface area contributed by atoms with Crippen LogP contribution < -0.4 is 5.32 Å². The van der Waals surface area contributed by atoms with Crippen LogP contribution in [0, 0.1) is 0 Å². The van der Waals surface area contributed by atoms with Crippen molar-refractivity contribution in [2.24, 2.45) is 0 Å². The van der Waals surface area contributed by atoms with E-state index in [0.717, 1.165) is 0 Å². The van der Waals surface area contributed by atoms with Crippen LogP contribution >= 0.6 is 11.6 Å². The summed E-state index contributed by atoms with van der Waals surface area (Å²) in [6, 6.07) is 3.45. The minimum atomic E-state index is -0.449. The molecule has 1 aliphatic heterocycles. The number of hydrogen-bond acceptors (Lipinski definition) is 4. The van der Waals surface area contributed by atoms with Gasteiger partial charge in [-0.05, 0) is 25.0 Å². The Balaban J connectivity index is 1.78. The van der Waals surface area contributed by atoms with E-state index in [1.165, 1.54) is 0 Å². The molecule has 2 amide bonds. The van der Waals surface area contributed by atoms with Crippen molar-refractivity contribution in [1.29, 1.82) is 0 Å². The van der Waals surface area contributed by atoms with E-state index in [4.69, 9.17) is 16.3 Å². The number of pyridine rings is 1. The van der Waals surface area contributed by atoms with Crippen molar-refractivity contribution in [3.8, 4) is 0 Å². The van der Waals surface area contributed by atoms with Gasteiger partial charge >= 0.3 is 6.09 Å². The first-order valence-electron chi connectivity index (χ1n) is 6.89. The number of amides is 2. The van der Waals surface area contributed by atoms with Gasteiger partial charge in [0.1, 0.15) is 6.61 Å². The third-order valence-electron chi connectivity index (χ3n) is 3.34. The largest absolute Gasteiger partial charge is 0.448 e. The number of halogens is 1. The maximum Gasteiger partial charge on any atom is 0.407 e. The van der Waals surface area contributed by atoms with Crippen molar-refractivity contribution in [2.45, 2.75) is 18.9 Å². The van der Waals surface area contributed by atoms with Crippen LogP contribution in [0.1, 0.15) is 23.2 Å². The van der Waals surface area contributed by atoms with Gasteiger partial charge in [0.2, 0.25) is 0 Å². The Morgan fingerprint density at radius 3 is 2.62 bits per heavy atom. The van der Waals surface area contributed by atoms with Crippen LogP contribution in [0.3, 0.4) is 0 Å². The van der Waals surface area contributed by atoms with Gasteiger partial charge in [0.05, 0.1) is 5.88 Å². The molecule has 0 aromatic carbocycles. The normalized spacial score (nSPS) is 15.6. The summed E-state index contributed by atoms with van der Waals surface area (Å²) >= 11 is 5.45. The number of hydrogen-bond donors (Lipinski definition) is 1. The molecule has 1 aromatic heterocycles. The zero-order valence-electron chi connectivity index (χ0n) is 11.6. The highest BCUT2D eigenvalue weighted by molar-refractivity contribution is 6.18. The molecule has 0 saturated carbocycles. The number of likely N-dealkylation sites (tertiary alicyclic amines) is 1.